The van der Waals surface area contributed by atoms with E-state index in [-0.39, 0.29) is 18.2 Å². The number of hydrogen-bond donors (Lipinski definition) is 3. The van der Waals surface area contributed by atoms with Gasteiger partial charge in [0.25, 0.3) is 5.91 Å². The van der Waals surface area contributed by atoms with Crippen LogP contribution in [0.15, 0.2) is 48.5 Å². The summed E-state index contributed by atoms with van der Waals surface area (Å²) in [7, 11) is 0. The third kappa shape index (κ3) is 5.21. The van der Waals surface area contributed by atoms with Crippen molar-refractivity contribution in [1.29, 1.82) is 0 Å². The third-order valence-electron chi connectivity index (χ3n) is 4.32. The van der Waals surface area contributed by atoms with Crippen LogP contribution in [0.4, 0.5) is 13.2 Å². The van der Waals surface area contributed by atoms with Gasteiger partial charge < -0.3 is 20.5 Å². The lowest BCUT2D eigenvalue weighted by atomic mass is 10.0. The second-order valence-electron chi connectivity index (χ2n) is 6.49. The highest BCUT2D eigenvalue weighted by Gasteiger charge is 2.32. The highest BCUT2D eigenvalue weighted by molar-refractivity contribution is 5.95. The van der Waals surface area contributed by atoms with Crippen molar-refractivity contribution in [2.24, 2.45) is 0 Å². The fourth-order valence-electron chi connectivity index (χ4n) is 2.94. The van der Waals surface area contributed by atoms with E-state index in [2.05, 4.69) is 15.4 Å². The number of amides is 1. The average molecular weight is 380 g/mol. The van der Waals surface area contributed by atoms with Crippen LogP contribution in [0.1, 0.15) is 16.8 Å². The molecule has 1 aliphatic rings. The first-order valence-electron chi connectivity index (χ1n) is 8.42. The summed E-state index contributed by atoms with van der Waals surface area (Å²) in [5.41, 5.74) is 0.460. The molecule has 144 valence electrons. The molecule has 2 aromatic carbocycles. The van der Waals surface area contributed by atoms with E-state index in [1.807, 2.05) is 0 Å². The maximum absolute atomic E-state index is 12.4. The van der Waals surface area contributed by atoms with Crippen LogP contribution in [0.5, 0.6) is 5.75 Å². The van der Waals surface area contributed by atoms with E-state index in [4.69, 9.17) is 0 Å². The molecule has 1 heterocycles. The highest BCUT2D eigenvalue weighted by atomic mass is 19.4. The molecule has 0 bridgehead atoms. The Balaban J connectivity index is 1.73. The van der Waals surface area contributed by atoms with E-state index in [0.717, 1.165) is 0 Å². The van der Waals surface area contributed by atoms with Gasteiger partial charge in [-0.2, -0.15) is 0 Å². The Hall–Kier alpha value is -2.58. The van der Waals surface area contributed by atoms with Gasteiger partial charge in [-0.25, -0.2) is 0 Å². The Morgan fingerprint density at radius 1 is 1.19 bits per heavy atom. The number of β-amino-alcohol motifs (C(OH)–C–C–N with tert-alkyl or cyclic N) is 1. The number of ether oxygens (including phenoxy) is 1. The van der Waals surface area contributed by atoms with Gasteiger partial charge in [0.15, 0.2) is 0 Å². The molecule has 1 unspecified atom stereocenters. The number of alkyl halides is 3. The molecule has 1 atom stereocenters. The number of aliphatic hydroxyl groups is 1. The zero-order valence-corrected chi connectivity index (χ0v) is 14.3. The van der Waals surface area contributed by atoms with Crippen molar-refractivity contribution in [3.63, 3.8) is 0 Å². The number of carbonyl (C=O) groups is 1. The van der Waals surface area contributed by atoms with Gasteiger partial charge in [-0.3, -0.25) is 4.79 Å². The minimum Gasteiger partial charge on any atom is -0.406 e. The molecule has 2 aromatic rings. The maximum Gasteiger partial charge on any atom is 0.573 e. The minimum atomic E-state index is -4.77. The lowest BCUT2D eigenvalue weighted by Gasteiger charge is -2.21. The summed E-state index contributed by atoms with van der Waals surface area (Å²) in [5, 5.41) is 16.0. The average Bonchev–Trinajstić information content (AvgIpc) is 3.06. The first-order valence-corrected chi connectivity index (χ1v) is 8.42. The van der Waals surface area contributed by atoms with E-state index >= 15 is 0 Å². The first-order chi connectivity index (χ1) is 12.7. The van der Waals surface area contributed by atoms with Crippen LogP contribution in [-0.2, 0) is 0 Å². The van der Waals surface area contributed by atoms with Crippen LogP contribution in [0.25, 0.3) is 11.1 Å². The third-order valence-corrected chi connectivity index (χ3v) is 4.32. The van der Waals surface area contributed by atoms with Gasteiger partial charge in [0, 0.05) is 18.7 Å². The summed E-state index contributed by atoms with van der Waals surface area (Å²) in [6.45, 7) is 1.23. The summed E-state index contributed by atoms with van der Waals surface area (Å²) in [5.74, 6) is -0.689. The molecule has 0 aliphatic carbocycles. The second-order valence-corrected chi connectivity index (χ2v) is 6.49. The van der Waals surface area contributed by atoms with Crippen LogP contribution in [0.3, 0.4) is 0 Å². The van der Waals surface area contributed by atoms with Crippen LogP contribution >= 0.6 is 0 Å². The summed E-state index contributed by atoms with van der Waals surface area (Å²) in [6.07, 6.45) is -4.21. The second kappa shape index (κ2) is 7.58. The largest absolute Gasteiger partial charge is 0.573 e. The Morgan fingerprint density at radius 2 is 1.89 bits per heavy atom. The Labute approximate surface area is 154 Å². The number of hydrogen-bond acceptors (Lipinski definition) is 4. The first kappa shape index (κ1) is 19.2. The molecule has 0 aromatic heterocycles. The fraction of sp³-hybridized carbons (Fsp3) is 0.316. The van der Waals surface area contributed by atoms with Gasteiger partial charge in [0.05, 0.1) is 5.60 Å². The van der Waals surface area contributed by atoms with Gasteiger partial charge in [0.1, 0.15) is 5.75 Å². The predicted octanol–water partition coefficient (Wildman–Crippen LogP) is 2.71. The molecule has 1 saturated heterocycles. The Kier molecular flexibility index (Phi) is 5.38. The smallest absolute Gasteiger partial charge is 0.406 e. The zero-order valence-electron chi connectivity index (χ0n) is 14.3. The quantitative estimate of drug-likeness (QED) is 0.746. The molecule has 3 N–H and O–H groups in total. The molecule has 1 fully saturated rings. The van der Waals surface area contributed by atoms with Crippen molar-refractivity contribution in [2.45, 2.75) is 18.4 Å². The van der Waals surface area contributed by atoms with Crippen LogP contribution in [0, 0.1) is 0 Å². The van der Waals surface area contributed by atoms with Gasteiger partial charge in [-0.05, 0) is 48.4 Å². The molecular weight excluding hydrogens is 361 g/mol. The molecule has 3 rings (SSSR count). The van der Waals surface area contributed by atoms with Crippen molar-refractivity contribution >= 4 is 5.91 Å². The van der Waals surface area contributed by atoms with Gasteiger partial charge in [-0.1, -0.05) is 24.3 Å². The summed E-state index contributed by atoms with van der Waals surface area (Å²) < 4.78 is 41.1. The SMILES string of the molecule is O=C(NCC1(O)CCNC1)c1cccc(-c2cccc(OC(F)(F)F)c2)c1. The summed E-state index contributed by atoms with van der Waals surface area (Å²) in [4.78, 5) is 12.4. The maximum atomic E-state index is 12.4. The van der Waals surface area contributed by atoms with E-state index < -0.39 is 12.0 Å². The molecule has 0 radical (unpaired) electrons. The van der Waals surface area contributed by atoms with Crippen LogP contribution in [0.2, 0.25) is 0 Å². The molecule has 1 amide bonds. The van der Waals surface area contributed by atoms with Crippen LogP contribution in [-0.4, -0.2) is 42.6 Å². The molecule has 1 aliphatic heterocycles. The molecule has 0 spiro atoms. The van der Waals surface area contributed by atoms with E-state index in [9.17, 15) is 23.1 Å². The summed E-state index contributed by atoms with van der Waals surface area (Å²) in [6, 6.07) is 12.1. The standard InChI is InChI=1S/C19H19F3N2O3/c20-19(21,22)27-16-6-2-4-14(10-16)13-3-1-5-15(9-13)17(25)24-12-18(26)7-8-23-11-18/h1-6,9-10,23,26H,7-8,11-12H2,(H,24,25). The van der Waals surface area contributed by atoms with Crippen molar-refractivity contribution in [3.05, 3.63) is 54.1 Å². The van der Waals surface area contributed by atoms with E-state index in [1.165, 1.54) is 18.2 Å². The van der Waals surface area contributed by atoms with Crippen molar-refractivity contribution in [3.8, 4) is 16.9 Å². The van der Waals surface area contributed by atoms with E-state index in [1.54, 1.807) is 30.3 Å². The number of rotatable bonds is 5. The van der Waals surface area contributed by atoms with Gasteiger partial charge >= 0.3 is 6.36 Å². The molecule has 0 saturated carbocycles. The minimum absolute atomic E-state index is 0.123. The summed E-state index contributed by atoms with van der Waals surface area (Å²) >= 11 is 0. The number of nitrogens with one attached hydrogen (secondary N) is 2. The molecule has 27 heavy (non-hydrogen) atoms. The van der Waals surface area contributed by atoms with Gasteiger partial charge in [-0.15, -0.1) is 13.2 Å². The molecule has 5 nitrogen and oxygen atoms in total. The number of benzene rings is 2. The van der Waals surface area contributed by atoms with Crippen molar-refractivity contribution in [1.82, 2.24) is 10.6 Å². The van der Waals surface area contributed by atoms with Crippen molar-refractivity contribution < 1.29 is 27.8 Å². The normalized spacial score (nSPS) is 19.7. The van der Waals surface area contributed by atoms with Gasteiger partial charge in [0.2, 0.25) is 0 Å². The molecule has 8 heteroatoms. The number of carbonyl (C=O) groups excluding carboxylic acids is 1. The highest BCUT2D eigenvalue weighted by Crippen LogP contribution is 2.28. The van der Waals surface area contributed by atoms with Crippen LogP contribution < -0.4 is 15.4 Å². The Bertz CT molecular complexity index is 818. The van der Waals surface area contributed by atoms with E-state index in [0.29, 0.717) is 36.2 Å². The predicted molar refractivity (Wildman–Crippen MR) is 93.3 cm³/mol. The Morgan fingerprint density at radius 3 is 2.56 bits per heavy atom. The fourth-order valence-corrected chi connectivity index (χ4v) is 2.94. The monoisotopic (exact) mass is 380 g/mol. The van der Waals surface area contributed by atoms with Crippen molar-refractivity contribution in [2.75, 3.05) is 19.6 Å². The zero-order chi connectivity index (χ0) is 19.5. The lowest BCUT2D eigenvalue weighted by Crippen LogP contribution is -2.44. The lowest BCUT2D eigenvalue weighted by molar-refractivity contribution is -0.274. The topological polar surface area (TPSA) is 70.6 Å². The molecular formula is C19H19F3N2O3. The number of halogens is 3.